The van der Waals surface area contributed by atoms with Crippen molar-refractivity contribution in [1.82, 2.24) is 9.88 Å². The Hall–Kier alpha value is -2.57. The number of fused-ring (bicyclic) bond motifs is 1. The van der Waals surface area contributed by atoms with Crippen molar-refractivity contribution in [3.63, 3.8) is 0 Å². The van der Waals surface area contributed by atoms with Gasteiger partial charge in [-0.2, -0.15) is 0 Å². The zero-order valence-electron chi connectivity index (χ0n) is 15.8. The lowest BCUT2D eigenvalue weighted by Crippen LogP contribution is -2.38. The largest absolute Gasteiger partial charge is 0.392 e. The van der Waals surface area contributed by atoms with Gasteiger partial charge >= 0.3 is 0 Å². The smallest absolute Gasteiger partial charge is 0.152 e. The summed E-state index contributed by atoms with van der Waals surface area (Å²) in [5, 5.41) is 14.8. The first kappa shape index (κ1) is 19.2. The summed E-state index contributed by atoms with van der Waals surface area (Å²) in [5.41, 5.74) is 8.17. The fourth-order valence-corrected chi connectivity index (χ4v) is 3.14. The zero-order chi connectivity index (χ0) is 19.1. The van der Waals surface area contributed by atoms with E-state index in [4.69, 9.17) is 10.5 Å². The fourth-order valence-electron chi connectivity index (χ4n) is 3.14. The standard InChI is InChI=1S/C21H28N4O2/c1-2-27-13-11-23-21-20-18(4-3-5-19(22)24-21)10-12-25(20)14-16-6-8-17(15-26)9-7-16/h4,6-10,12,23,26H,2-3,5,11,13-15H2,1H3,(H2,22,24)/b18-4-,21-20+. The van der Waals surface area contributed by atoms with Crippen LogP contribution in [0.3, 0.4) is 0 Å². The molecule has 0 atom stereocenters. The van der Waals surface area contributed by atoms with Gasteiger partial charge in [0.15, 0.2) is 5.82 Å². The zero-order valence-corrected chi connectivity index (χ0v) is 15.8. The van der Waals surface area contributed by atoms with E-state index in [0.29, 0.717) is 25.6 Å². The van der Waals surface area contributed by atoms with E-state index in [9.17, 15) is 5.11 Å². The maximum Gasteiger partial charge on any atom is 0.152 e. The predicted octanol–water partition coefficient (Wildman–Crippen LogP) is 0.652. The molecule has 0 fully saturated rings. The van der Waals surface area contributed by atoms with Gasteiger partial charge in [-0.25, -0.2) is 4.99 Å². The summed E-state index contributed by atoms with van der Waals surface area (Å²) in [6.07, 6.45) is 5.93. The van der Waals surface area contributed by atoms with E-state index in [-0.39, 0.29) is 6.61 Å². The first-order chi connectivity index (χ1) is 13.2. The van der Waals surface area contributed by atoms with Crippen LogP contribution < -0.4 is 21.6 Å². The molecule has 4 N–H and O–H groups in total. The monoisotopic (exact) mass is 368 g/mol. The second-order valence-corrected chi connectivity index (χ2v) is 6.54. The molecule has 2 heterocycles. The van der Waals surface area contributed by atoms with Gasteiger partial charge in [-0.3, -0.25) is 0 Å². The number of nitrogens with two attached hydrogens (primary N) is 1. The molecule has 1 aliphatic heterocycles. The maximum absolute atomic E-state index is 9.22. The van der Waals surface area contributed by atoms with Crippen molar-refractivity contribution >= 4 is 17.7 Å². The summed E-state index contributed by atoms with van der Waals surface area (Å²) in [6.45, 7) is 4.76. The van der Waals surface area contributed by atoms with Crippen LogP contribution in [0.4, 0.5) is 0 Å². The van der Waals surface area contributed by atoms with Crippen molar-refractivity contribution in [2.75, 3.05) is 19.8 Å². The molecule has 2 aromatic rings. The number of hydrogen-bond donors (Lipinski definition) is 3. The average molecular weight is 368 g/mol. The summed E-state index contributed by atoms with van der Waals surface area (Å²) in [6, 6.07) is 10.1. The summed E-state index contributed by atoms with van der Waals surface area (Å²) >= 11 is 0. The lowest BCUT2D eigenvalue weighted by Gasteiger charge is -2.12. The number of rotatable bonds is 8. The molecule has 0 bridgehead atoms. The average Bonchev–Trinajstić information content (AvgIpc) is 3.05. The number of nitrogens with one attached hydrogen (secondary N) is 1. The van der Waals surface area contributed by atoms with Crippen LogP contribution in [0.1, 0.15) is 30.9 Å². The molecule has 1 aliphatic rings. The van der Waals surface area contributed by atoms with E-state index in [2.05, 4.69) is 33.2 Å². The molecule has 0 saturated heterocycles. The topological polar surface area (TPSA) is 84.8 Å². The molecule has 0 saturated carbocycles. The van der Waals surface area contributed by atoms with Crippen LogP contribution in [0.5, 0.6) is 0 Å². The van der Waals surface area contributed by atoms with Gasteiger partial charge in [-0.15, -0.1) is 0 Å². The Balaban J connectivity index is 1.97. The summed E-state index contributed by atoms with van der Waals surface area (Å²) in [4.78, 5) is 4.65. The number of aliphatic imine (C=N–C) groups is 1. The minimum atomic E-state index is 0.0594. The van der Waals surface area contributed by atoms with Gasteiger partial charge in [0.1, 0.15) is 5.84 Å². The molecule has 27 heavy (non-hydrogen) atoms. The highest BCUT2D eigenvalue weighted by molar-refractivity contribution is 5.84. The van der Waals surface area contributed by atoms with E-state index in [1.807, 2.05) is 31.2 Å². The number of ether oxygens (including phenoxy) is 1. The van der Waals surface area contributed by atoms with Gasteiger partial charge in [0.2, 0.25) is 0 Å². The quantitative estimate of drug-likeness (QED) is 0.598. The highest BCUT2D eigenvalue weighted by Gasteiger charge is 2.08. The van der Waals surface area contributed by atoms with Crippen LogP contribution in [0.25, 0.3) is 11.9 Å². The molecule has 6 nitrogen and oxygen atoms in total. The molecule has 6 heteroatoms. The molecule has 144 valence electrons. The number of amidine groups is 1. The third kappa shape index (κ3) is 4.99. The second-order valence-electron chi connectivity index (χ2n) is 6.54. The van der Waals surface area contributed by atoms with Crippen LogP contribution in [0.2, 0.25) is 0 Å². The van der Waals surface area contributed by atoms with E-state index < -0.39 is 0 Å². The SMILES string of the molecule is CCOCCNC1=c2/c(ccn2Cc2ccc(CO)cc2)=C\CC/C(N)=N\1. The number of nitrogens with zero attached hydrogens (tertiary/aromatic N) is 2. The Kier molecular flexibility index (Phi) is 6.68. The summed E-state index contributed by atoms with van der Waals surface area (Å²) in [5.74, 6) is 1.42. The number of aliphatic hydroxyl groups is 1. The molecular weight excluding hydrogens is 340 g/mol. The third-order valence-electron chi connectivity index (χ3n) is 4.54. The Morgan fingerprint density at radius 1 is 1.22 bits per heavy atom. The van der Waals surface area contributed by atoms with Crippen molar-refractivity contribution in [1.29, 1.82) is 0 Å². The Morgan fingerprint density at radius 2 is 2.00 bits per heavy atom. The van der Waals surface area contributed by atoms with Crippen molar-refractivity contribution in [2.45, 2.75) is 32.9 Å². The van der Waals surface area contributed by atoms with Crippen molar-refractivity contribution < 1.29 is 9.84 Å². The van der Waals surface area contributed by atoms with Gasteiger partial charge in [-0.1, -0.05) is 30.3 Å². The number of benzene rings is 1. The maximum atomic E-state index is 9.22. The summed E-state index contributed by atoms with van der Waals surface area (Å²) < 4.78 is 7.62. The van der Waals surface area contributed by atoms with E-state index >= 15 is 0 Å². The molecule has 0 radical (unpaired) electrons. The van der Waals surface area contributed by atoms with Crippen LogP contribution in [0.15, 0.2) is 41.5 Å². The molecule has 0 unspecified atom stereocenters. The fraction of sp³-hybridized carbons (Fsp3) is 0.381. The van der Waals surface area contributed by atoms with Crippen LogP contribution >= 0.6 is 0 Å². The highest BCUT2D eigenvalue weighted by atomic mass is 16.5. The lowest BCUT2D eigenvalue weighted by molar-refractivity contribution is 0.152. The number of aliphatic hydroxyl groups excluding tert-OH is 1. The Morgan fingerprint density at radius 3 is 2.74 bits per heavy atom. The molecule has 0 aliphatic carbocycles. The van der Waals surface area contributed by atoms with Gasteiger partial charge < -0.3 is 25.5 Å². The Bertz CT molecular complexity index is 897. The first-order valence-corrected chi connectivity index (χ1v) is 9.44. The lowest BCUT2D eigenvalue weighted by atomic mass is 10.1. The summed E-state index contributed by atoms with van der Waals surface area (Å²) in [7, 11) is 0. The van der Waals surface area contributed by atoms with E-state index in [0.717, 1.165) is 41.3 Å². The molecular formula is C21H28N4O2. The molecule has 1 aromatic heterocycles. The van der Waals surface area contributed by atoms with Gasteiger partial charge in [0.05, 0.1) is 18.6 Å². The predicted molar refractivity (Wildman–Crippen MR) is 108 cm³/mol. The van der Waals surface area contributed by atoms with Crippen molar-refractivity contribution in [2.24, 2.45) is 10.7 Å². The minimum absolute atomic E-state index is 0.0594. The highest BCUT2D eigenvalue weighted by Crippen LogP contribution is 2.06. The Labute approximate surface area is 159 Å². The van der Waals surface area contributed by atoms with Crippen molar-refractivity contribution in [3.05, 3.63) is 58.2 Å². The third-order valence-corrected chi connectivity index (χ3v) is 4.54. The van der Waals surface area contributed by atoms with Gasteiger partial charge in [0.25, 0.3) is 0 Å². The molecule has 1 aromatic carbocycles. The minimum Gasteiger partial charge on any atom is -0.392 e. The van der Waals surface area contributed by atoms with Crippen LogP contribution in [0, 0.1) is 0 Å². The molecule has 0 spiro atoms. The first-order valence-electron chi connectivity index (χ1n) is 9.44. The number of aromatic nitrogens is 1. The van der Waals surface area contributed by atoms with Gasteiger partial charge in [0, 0.05) is 32.3 Å². The van der Waals surface area contributed by atoms with Crippen LogP contribution in [-0.2, 0) is 17.9 Å². The number of hydrogen-bond acceptors (Lipinski definition) is 5. The second kappa shape index (κ2) is 9.39. The normalized spacial score (nSPS) is 19.2. The van der Waals surface area contributed by atoms with E-state index in [1.54, 1.807) is 0 Å². The molecule has 0 amide bonds. The van der Waals surface area contributed by atoms with Gasteiger partial charge in [-0.05, 0) is 35.8 Å². The van der Waals surface area contributed by atoms with Crippen molar-refractivity contribution in [3.8, 4) is 0 Å². The van der Waals surface area contributed by atoms with Crippen LogP contribution in [-0.4, -0.2) is 35.3 Å². The molecule has 3 rings (SSSR count). The van der Waals surface area contributed by atoms with E-state index in [1.165, 1.54) is 5.56 Å².